The van der Waals surface area contributed by atoms with Crippen LogP contribution in [0.3, 0.4) is 0 Å². The van der Waals surface area contributed by atoms with Crippen molar-refractivity contribution >= 4 is 5.91 Å². The van der Waals surface area contributed by atoms with E-state index in [-0.39, 0.29) is 17.9 Å². The van der Waals surface area contributed by atoms with Gasteiger partial charge in [-0.15, -0.1) is 0 Å². The number of carbonyl (C=O) groups is 1. The highest BCUT2D eigenvalue weighted by atomic mass is 16.3. The molecule has 1 N–H and O–H groups in total. The van der Waals surface area contributed by atoms with Crippen molar-refractivity contribution in [1.82, 2.24) is 9.88 Å². The molecule has 2 aromatic rings. The molecule has 1 aromatic carbocycles. The summed E-state index contributed by atoms with van der Waals surface area (Å²) in [4.78, 5) is 18.8. The Hall–Kier alpha value is -2.20. The van der Waals surface area contributed by atoms with Crippen LogP contribution in [0.5, 0.6) is 0 Å². The first-order valence-electron chi connectivity index (χ1n) is 8.13. The number of aliphatic hydroxyl groups is 1. The highest BCUT2D eigenvalue weighted by Gasteiger charge is 2.27. The molecule has 1 aliphatic rings. The van der Waals surface area contributed by atoms with E-state index < -0.39 is 0 Å². The van der Waals surface area contributed by atoms with Crippen LogP contribution in [0, 0.1) is 5.92 Å². The summed E-state index contributed by atoms with van der Waals surface area (Å²) >= 11 is 0. The number of benzene rings is 1. The van der Waals surface area contributed by atoms with E-state index in [1.54, 1.807) is 19.3 Å². The van der Waals surface area contributed by atoms with Crippen LogP contribution < -0.4 is 0 Å². The second kappa shape index (κ2) is 6.92. The Morgan fingerprint density at radius 1 is 1.26 bits per heavy atom. The molecule has 4 heteroatoms. The SMILES string of the molecule is CC(O)C1CCCN(C(=O)c2cncc(-c3ccccc3)c2)C1. The minimum atomic E-state index is -0.376. The number of rotatable bonds is 3. The summed E-state index contributed by atoms with van der Waals surface area (Å²) in [6.45, 7) is 3.17. The van der Waals surface area contributed by atoms with Crippen molar-refractivity contribution in [3.8, 4) is 11.1 Å². The average Bonchev–Trinajstić information content (AvgIpc) is 2.62. The first-order valence-corrected chi connectivity index (χ1v) is 8.13. The zero-order valence-electron chi connectivity index (χ0n) is 13.4. The van der Waals surface area contributed by atoms with E-state index in [0.717, 1.165) is 30.5 Å². The van der Waals surface area contributed by atoms with Gasteiger partial charge in [0.2, 0.25) is 0 Å². The molecule has 1 aromatic heterocycles. The maximum absolute atomic E-state index is 12.8. The van der Waals surface area contributed by atoms with Gasteiger partial charge in [-0.3, -0.25) is 9.78 Å². The monoisotopic (exact) mass is 310 g/mol. The van der Waals surface area contributed by atoms with Crippen molar-refractivity contribution in [2.24, 2.45) is 5.92 Å². The number of aromatic nitrogens is 1. The van der Waals surface area contributed by atoms with Crippen LogP contribution in [0.25, 0.3) is 11.1 Å². The second-order valence-corrected chi connectivity index (χ2v) is 6.22. The lowest BCUT2D eigenvalue weighted by molar-refractivity contribution is 0.0466. The van der Waals surface area contributed by atoms with Gasteiger partial charge in [-0.05, 0) is 31.4 Å². The van der Waals surface area contributed by atoms with Gasteiger partial charge >= 0.3 is 0 Å². The molecule has 120 valence electrons. The number of carbonyl (C=O) groups excluding carboxylic acids is 1. The fourth-order valence-electron chi connectivity index (χ4n) is 3.12. The van der Waals surface area contributed by atoms with Crippen LogP contribution in [-0.4, -0.2) is 40.1 Å². The Labute approximate surface area is 136 Å². The number of likely N-dealkylation sites (tertiary alicyclic amines) is 1. The molecule has 3 rings (SSSR count). The van der Waals surface area contributed by atoms with Crippen LogP contribution in [0.2, 0.25) is 0 Å². The number of piperidine rings is 1. The smallest absolute Gasteiger partial charge is 0.255 e. The zero-order valence-corrected chi connectivity index (χ0v) is 13.4. The van der Waals surface area contributed by atoms with Crippen LogP contribution in [0.4, 0.5) is 0 Å². The van der Waals surface area contributed by atoms with Crippen LogP contribution in [-0.2, 0) is 0 Å². The van der Waals surface area contributed by atoms with E-state index >= 15 is 0 Å². The first kappa shape index (κ1) is 15.7. The normalized spacial score (nSPS) is 19.4. The fourth-order valence-corrected chi connectivity index (χ4v) is 3.12. The van der Waals surface area contributed by atoms with Gasteiger partial charge in [-0.25, -0.2) is 0 Å². The molecule has 2 atom stereocenters. The van der Waals surface area contributed by atoms with Gasteiger partial charge in [0, 0.05) is 37.0 Å². The lowest BCUT2D eigenvalue weighted by atomic mass is 9.93. The summed E-state index contributed by atoms with van der Waals surface area (Å²) in [6.07, 6.45) is 4.94. The molecule has 0 bridgehead atoms. The lowest BCUT2D eigenvalue weighted by Gasteiger charge is -2.34. The van der Waals surface area contributed by atoms with E-state index in [1.807, 2.05) is 41.3 Å². The summed E-state index contributed by atoms with van der Waals surface area (Å²) in [5.41, 5.74) is 2.60. The molecule has 0 radical (unpaired) electrons. The number of aliphatic hydroxyl groups excluding tert-OH is 1. The van der Waals surface area contributed by atoms with Crippen molar-refractivity contribution in [3.05, 3.63) is 54.4 Å². The topological polar surface area (TPSA) is 53.4 Å². The Bertz CT molecular complexity index is 670. The van der Waals surface area contributed by atoms with Crippen molar-refractivity contribution in [3.63, 3.8) is 0 Å². The third kappa shape index (κ3) is 3.59. The van der Waals surface area contributed by atoms with Gasteiger partial charge in [-0.1, -0.05) is 30.3 Å². The Balaban J connectivity index is 1.80. The molecule has 4 nitrogen and oxygen atoms in total. The molecule has 0 aliphatic carbocycles. The minimum absolute atomic E-state index is 0.000584. The quantitative estimate of drug-likeness (QED) is 0.948. The molecule has 0 spiro atoms. The molecule has 1 aliphatic heterocycles. The van der Waals surface area contributed by atoms with Crippen LogP contribution in [0.1, 0.15) is 30.1 Å². The van der Waals surface area contributed by atoms with E-state index in [1.165, 1.54) is 0 Å². The summed E-state index contributed by atoms with van der Waals surface area (Å²) in [6, 6.07) is 11.8. The average molecular weight is 310 g/mol. The molecule has 0 saturated carbocycles. The molecular weight excluding hydrogens is 288 g/mol. The number of hydrogen-bond donors (Lipinski definition) is 1. The second-order valence-electron chi connectivity index (χ2n) is 6.22. The Morgan fingerprint density at radius 3 is 2.78 bits per heavy atom. The third-order valence-corrected chi connectivity index (χ3v) is 4.52. The predicted octanol–water partition coefficient (Wildman–Crippen LogP) is 2.98. The van der Waals surface area contributed by atoms with Gasteiger partial charge in [0.1, 0.15) is 0 Å². The minimum Gasteiger partial charge on any atom is -0.393 e. The van der Waals surface area contributed by atoms with Gasteiger partial charge in [0.15, 0.2) is 0 Å². The van der Waals surface area contributed by atoms with Crippen molar-refractivity contribution in [1.29, 1.82) is 0 Å². The summed E-state index contributed by atoms with van der Waals surface area (Å²) in [7, 11) is 0. The molecule has 1 amide bonds. The number of nitrogens with zero attached hydrogens (tertiary/aromatic N) is 2. The largest absolute Gasteiger partial charge is 0.393 e. The molecule has 1 saturated heterocycles. The van der Waals surface area contributed by atoms with Crippen molar-refractivity contribution in [2.45, 2.75) is 25.9 Å². The van der Waals surface area contributed by atoms with Crippen LogP contribution >= 0.6 is 0 Å². The fraction of sp³-hybridized carbons (Fsp3) is 0.368. The van der Waals surface area contributed by atoms with E-state index in [4.69, 9.17) is 0 Å². The molecule has 2 unspecified atom stereocenters. The molecule has 2 heterocycles. The maximum atomic E-state index is 12.8. The number of amides is 1. The summed E-state index contributed by atoms with van der Waals surface area (Å²) in [5, 5.41) is 9.79. The third-order valence-electron chi connectivity index (χ3n) is 4.52. The molecule has 23 heavy (non-hydrogen) atoms. The Morgan fingerprint density at radius 2 is 2.04 bits per heavy atom. The van der Waals surface area contributed by atoms with Crippen molar-refractivity contribution < 1.29 is 9.90 Å². The van der Waals surface area contributed by atoms with Gasteiger partial charge in [-0.2, -0.15) is 0 Å². The highest BCUT2D eigenvalue weighted by Crippen LogP contribution is 2.23. The molecule has 1 fully saturated rings. The standard InChI is InChI=1S/C19H22N2O2/c1-14(22)16-8-5-9-21(13-16)19(23)18-10-17(11-20-12-18)15-6-3-2-4-7-15/h2-4,6-7,10-12,14,16,22H,5,8-9,13H2,1H3. The maximum Gasteiger partial charge on any atom is 0.255 e. The van der Waals surface area contributed by atoms with E-state index in [0.29, 0.717) is 12.1 Å². The summed E-state index contributed by atoms with van der Waals surface area (Å²) in [5.74, 6) is 0.165. The predicted molar refractivity (Wildman–Crippen MR) is 90.0 cm³/mol. The van der Waals surface area contributed by atoms with Crippen molar-refractivity contribution in [2.75, 3.05) is 13.1 Å². The van der Waals surface area contributed by atoms with E-state index in [9.17, 15) is 9.90 Å². The first-order chi connectivity index (χ1) is 11.1. The zero-order chi connectivity index (χ0) is 16.2. The van der Waals surface area contributed by atoms with Gasteiger partial charge in [0.25, 0.3) is 5.91 Å². The van der Waals surface area contributed by atoms with Gasteiger partial charge in [0.05, 0.1) is 11.7 Å². The number of hydrogen-bond acceptors (Lipinski definition) is 3. The Kier molecular flexibility index (Phi) is 4.72. The number of pyridine rings is 1. The van der Waals surface area contributed by atoms with Gasteiger partial charge < -0.3 is 10.0 Å². The van der Waals surface area contributed by atoms with E-state index in [2.05, 4.69) is 4.98 Å². The summed E-state index contributed by atoms with van der Waals surface area (Å²) < 4.78 is 0. The molecular formula is C19H22N2O2. The lowest BCUT2D eigenvalue weighted by Crippen LogP contribution is -2.43. The highest BCUT2D eigenvalue weighted by molar-refractivity contribution is 5.95. The van der Waals surface area contributed by atoms with Crippen LogP contribution in [0.15, 0.2) is 48.8 Å².